The summed E-state index contributed by atoms with van der Waals surface area (Å²) in [6.45, 7) is -0.210. The zero-order valence-electron chi connectivity index (χ0n) is 10.6. The average Bonchev–Trinajstić information content (AvgIpc) is 2.35. The molecule has 1 amide bonds. The summed E-state index contributed by atoms with van der Waals surface area (Å²) in [5.74, 6) is -1.32. The second-order valence-electron chi connectivity index (χ2n) is 4.67. The second kappa shape index (κ2) is 5.40. The van der Waals surface area contributed by atoms with E-state index in [-0.39, 0.29) is 18.7 Å². The van der Waals surface area contributed by atoms with Crippen molar-refractivity contribution in [3.05, 3.63) is 29.6 Å². The largest absolute Gasteiger partial charge is 0.409 e. The van der Waals surface area contributed by atoms with Gasteiger partial charge in [-0.3, -0.25) is 9.69 Å². The first-order valence-electron chi connectivity index (χ1n) is 6.22. The molecule has 0 spiro atoms. The summed E-state index contributed by atoms with van der Waals surface area (Å²) < 4.78 is 52.6. The van der Waals surface area contributed by atoms with E-state index in [1.165, 1.54) is 12.1 Å². The van der Waals surface area contributed by atoms with E-state index >= 15 is 0 Å². The Morgan fingerprint density at radius 2 is 2.00 bits per heavy atom. The lowest BCUT2D eigenvalue weighted by atomic mass is 9.98. The van der Waals surface area contributed by atoms with Gasteiger partial charge in [-0.25, -0.2) is 4.39 Å². The molecule has 0 bridgehead atoms. The van der Waals surface area contributed by atoms with E-state index in [0.29, 0.717) is 16.9 Å². The molecule has 2 N–H and O–H groups in total. The number of carbonyl (C=O) groups excluding carboxylic acids is 1. The third kappa shape index (κ3) is 2.77. The Labute approximate surface area is 113 Å². The predicted octanol–water partition coefficient (Wildman–Crippen LogP) is 2.38. The summed E-state index contributed by atoms with van der Waals surface area (Å²) in [5, 5.41) is 0. The van der Waals surface area contributed by atoms with Crippen molar-refractivity contribution in [2.45, 2.75) is 31.5 Å². The van der Waals surface area contributed by atoms with Crippen molar-refractivity contribution in [2.75, 3.05) is 11.4 Å². The minimum absolute atomic E-state index is 0.00275. The molecule has 0 fully saturated rings. The van der Waals surface area contributed by atoms with Crippen LogP contribution in [0.4, 0.5) is 23.2 Å². The van der Waals surface area contributed by atoms with Crippen LogP contribution >= 0.6 is 0 Å². The summed E-state index contributed by atoms with van der Waals surface area (Å²) in [6, 6.07) is 1.56. The number of nitrogens with two attached hydrogens (primary N) is 1. The number of benzene rings is 1. The van der Waals surface area contributed by atoms with Crippen LogP contribution in [0.5, 0.6) is 0 Å². The number of rotatable bonds is 3. The number of halogens is 4. The second-order valence-corrected chi connectivity index (χ2v) is 4.67. The highest BCUT2D eigenvalue weighted by atomic mass is 19.4. The van der Waals surface area contributed by atoms with Crippen LogP contribution in [-0.2, 0) is 11.2 Å². The Kier molecular flexibility index (Phi) is 3.99. The fraction of sp³-hybridized carbons (Fsp3) is 0.462. The normalized spacial score (nSPS) is 17.1. The average molecular weight is 290 g/mol. The monoisotopic (exact) mass is 290 g/mol. The molecule has 1 aromatic carbocycles. The molecule has 0 radical (unpaired) electrons. The molecule has 7 heteroatoms. The Morgan fingerprint density at radius 3 is 2.60 bits per heavy atom. The Morgan fingerprint density at radius 1 is 1.30 bits per heavy atom. The van der Waals surface area contributed by atoms with E-state index in [1.807, 2.05) is 0 Å². The first-order valence-corrected chi connectivity index (χ1v) is 6.22. The molecule has 2 rings (SSSR count). The van der Waals surface area contributed by atoms with Crippen LogP contribution in [-0.4, -0.2) is 24.7 Å². The lowest BCUT2D eigenvalue weighted by molar-refractivity contribution is -0.155. The third-order valence-electron chi connectivity index (χ3n) is 3.31. The summed E-state index contributed by atoms with van der Waals surface area (Å²) in [7, 11) is 0. The molecule has 1 aliphatic heterocycles. The molecule has 0 aromatic heterocycles. The minimum atomic E-state index is -4.60. The van der Waals surface area contributed by atoms with Crippen molar-refractivity contribution in [1.82, 2.24) is 0 Å². The number of fused-ring (bicyclic) bond motifs is 1. The first kappa shape index (κ1) is 14.8. The number of nitrogens with zero attached hydrogens (tertiary/aromatic N) is 1. The van der Waals surface area contributed by atoms with Crippen LogP contribution in [0.15, 0.2) is 18.2 Å². The number of hydrogen-bond acceptors (Lipinski definition) is 2. The maximum Gasteiger partial charge on any atom is 0.409 e. The van der Waals surface area contributed by atoms with E-state index < -0.39 is 30.4 Å². The topological polar surface area (TPSA) is 46.3 Å². The molecule has 110 valence electrons. The van der Waals surface area contributed by atoms with Crippen LogP contribution in [0.3, 0.4) is 0 Å². The van der Waals surface area contributed by atoms with E-state index in [1.54, 1.807) is 0 Å². The van der Waals surface area contributed by atoms with Crippen molar-refractivity contribution in [1.29, 1.82) is 0 Å². The van der Waals surface area contributed by atoms with Gasteiger partial charge < -0.3 is 5.73 Å². The molecule has 1 heterocycles. The molecule has 1 aromatic rings. The van der Waals surface area contributed by atoms with Gasteiger partial charge in [0.1, 0.15) is 11.9 Å². The molecule has 0 saturated heterocycles. The maximum absolute atomic E-state index is 13.3. The van der Waals surface area contributed by atoms with Gasteiger partial charge in [0.05, 0.1) is 5.69 Å². The van der Waals surface area contributed by atoms with Crippen LogP contribution in [0.25, 0.3) is 0 Å². The highest BCUT2D eigenvalue weighted by molar-refractivity contribution is 5.97. The fourth-order valence-electron chi connectivity index (χ4n) is 2.41. The quantitative estimate of drug-likeness (QED) is 0.869. The highest BCUT2D eigenvalue weighted by Gasteiger charge is 2.46. The minimum Gasteiger partial charge on any atom is -0.330 e. The van der Waals surface area contributed by atoms with Gasteiger partial charge in [-0.15, -0.1) is 0 Å². The molecule has 1 aliphatic rings. The van der Waals surface area contributed by atoms with E-state index in [9.17, 15) is 22.4 Å². The maximum atomic E-state index is 13.3. The van der Waals surface area contributed by atoms with E-state index in [2.05, 4.69) is 0 Å². The number of anilines is 1. The lowest BCUT2D eigenvalue weighted by Crippen LogP contribution is -2.51. The lowest BCUT2D eigenvalue weighted by Gasteiger charge is -2.37. The SMILES string of the molecule is NCCC(N1C(=O)CCc2ccc(F)cc21)C(F)(F)F. The van der Waals surface area contributed by atoms with Crippen molar-refractivity contribution < 1.29 is 22.4 Å². The summed E-state index contributed by atoms with van der Waals surface area (Å²) in [4.78, 5) is 12.5. The Bertz CT molecular complexity index is 516. The standard InChI is InChI=1S/C13H14F4N2O/c14-9-3-1-8-2-4-12(20)19(10(8)7-9)11(5-6-18)13(15,16)17/h1,3,7,11H,2,4-6,18H2. The van der Waals surface area contributed by atoms with E-state index in [4.69, 9.17) is 5.73 Å². The zero-order valence-corrected chi connectivity index (χ0v) is 10.6. The molecule has 1 atom stereocenters. The third-order valence-corrected chi connectivity index (χ3v) is 3.31. The van der Waals surface area contributed by atoms with Crippen molar-refractivity contribution in [3.63, 3.8) is 0 Å². The van der Waals surface area contributed by atoms with Gasteiger partial charge in [0.15, 0.2) is 0 Å². The van der Waals surface area contributed by atoms with Crippen molar-refractivity contribution in [2.24, 2.45) is 5.73 Å². The molecular weight excluding hydrogens is 276 g/mol. The number of alkyl halides is 3. The molecule has 0 aliphatic carbocycles. The van der Waals surface area contributed by atoms with Crippen LogP contribution in [0.1, 0.15) is 18.4 Å². The Balaban J connectivity index is 2.48. The number of carbonyl (C=O) groups is 1. The fourth-order valence-corrected chi connectivity index (χ4v) is 2.41. The molecular formula is C13H14F4N2O. The van der Waals surface area contributed by atoms with Gasteiger partial charge in [-0.1, -0.05) is 6.07 Å². The van der Waals surface area contributed by atoms with Crippen LogP contribution < -0.4 is 10.6 Å². The van der Waals surface area contributed by atoms with Gasteiger partial charge in [0.2, 0.25) is 5.91 Å². The van der Waals surface area contributed by atoms with Crippen LogP contribution in [0, 0.1) is 5.82 Å². The zero-order chi connectivity index (χ0) is 14.9. The summed E-state index contributed by atoms with van der Waals surface area (Å²) >= 11 is 0. The van der Waals surface area contributed by atoms with Crippen molar-refractivity contribution in [3.8, 4) is 0 Å². The molecule has 20 heavy (non-hydrogen) atoms. The molecule has 3 nitrogen and oxygen atoms in total. The molecule has 0 saturated carbocycles. The smallest absolute Gasteiger partial charge is 0.330 e. The summed E-state index contributed by atoms with van der Waals surface area (Å²) in [5.41, 5.74) is 5.75. The summed E-state index contributed by atoms with van der Waals surface area (Å²) in [6.07, 6.45) is -4.71. The van der Waals surface area contributed by atoms with Gasteiger partial charge in [0.25, 0.3) is 0 Å². The molecule has 1 unspecified atom stereocenters. The predicted molar refractivity (Wildman–Crippen MR) is 65.7 cm³/mol. The van der Waals surface area contributed by atoms with E-state index in [0.717, 1.165) is 6.07 Å². The number of hydrogen-bond donors (Lipinski definition) is 1. The van der Waals surface area contributed by atoms with Gasteiger partial charge >= 0.3 is 6.18 Å². The van der Waals surface area contributed by atoms with Crippen molar-refractivity contribution >= 4 is 11.6 Å². The van der Waals surface area contributed by atoms with Crippen LogP contribution in [0.2, 0.25) is 0 Å². The number of amides is 1. The Hall–Kier alpha value is -1.63. The van der Waals surface area contributed by atoms with Gasteiger partial charge in [-0.2, -0.15) is 13.2 Å². The number of aryl methyl sites for hydroxylation is 1. The first-order chi connectivity index (χ1) is 9.34. The van der Waals surface area contributed by atoms with Gasteiger partial charge in [-0.05, 0) is 37.1 Å². The van der Waals surface area contributed by atoms with Gasteiger partial charge in [0, 0.05) is 6.42 Å². The highest BCUT2D eigenvalue weighted by Crippen LogP contribution is 2.36.